The second-order valence-corrected chi connectivity index (χ2v) is 2.56. The van der Waals surface area contributed by atoms with Crippen LogP contribution < -0.4 is 5.73 Å². The highest BCUT2D eigenvalue weighted by molar-refractivity contribution is 8.04. The van der Waals surface area contributed by atoms with E-state index < -0.39 is 0 Å². The Bertz CT molecular complexity index is 83.7. The van der Waals surface area contributed by atoms with Gasteiger partial charge in [-0.05, 0) is 6.92 Å². The summed E-state index contributed by atoms with van der Waals surface area (Å²) in [5.41, 5.74) is 6.45. The highest BCUT2D eigenvalue weighted by Crippen LogP contribution is 2.28. The molecule has 0 atom stereocenters. The molecule has 0 amide bonds. The van der Waals surface area contributed by atoms with E-state index in [2.05, 4.69) is 0 Å². The summed E-state index contributed by atoms with van der Waals surface area (Å²) in [6, 6.07) is 0. The number of hydrogen-bond donors (Lipinski definition) is 1. The summed E-state index contributed by atoms with van der Waals surface area (Å²) >= 11 is 1.82. The van der Waals surface area contributed by atoms with Crippen LogP contribution >= 0.6 is 11.8 Å². The zero-order chi connectivity index (χ0) is 4.57. The molecule has 0 aromatic rings. The molecular weight excluding hydrogens is 94.1 g/mol. The molecular formula is C4H7NS. The molecule has 0 aliphatic carbocycles. The van der Waals surface area contributed by atoms with Gasteiger partial charge in [0.05, 0.1) is 0 Å². The first kappa shape index (κ1) is 4.06. The van der Waals surface area contributed by atoms with Crippen LogP contribution in [0.1, 0.15) is 6.92 Å². The minimum atomic E-state index is 1.05. The van der Waals surface area contributed by atoms with Crippen molar-refractivity contribution in [1.82, 2.24) is 0 Å². The number of hydrogen-bond acceptors (Lipinski definition) is 2. The molecule has 1 heterocycles. The van der Waals surface area contributed by atoms with E-state index in [9.17, 15) is 0 Å². The second-order valence-electron chi connectivity index (χ2n) is 1.37. The second kappa shape index (κ2) is 1.19. The Morgan fingerprint density at radius 3 is 2.33 bits per heavy atom. The lowest BCUT2D eigenvalue weighted by molar-refractivity contribution is 1.25. The Balaban J connectivity index is 2.66. The monoisotopic (exact) mass is 101 g/mol. The molecule has 0 saturated heterocycles. The van der Waals surface area contributed by atoms with Crippen LogP contribution in [0.15, 0.2) is 10.6 Å². The van der Waals surface area contributed by atoms with Crippen molar-refractivity contribution < 1.29 is 0 Å². The number of allylic oxidation sites excluding steroid dienone is 1. The molecule has 0 fully saturated rings. The van der Waals surface area contributed by atoms with E-state index in [0.29, 0.717) is 0 Å². The van der Waals surface area contributed by atoms with Crippen LogP contribution in [0, 0.1) is 0 Å². The zero-order valence-electron chi connectivity index (χ0n) is 3.69. The minimum absolute atomic E-state index is 1.05. The average Bonchev–Trinajstić information content (AvgIpc) is 1.61. The molecule has 1 aliphatic rings. The number of thioether (sulfide) groups is 1. The average molecular weight is 101 g/mol. The van der Waals surface area contributed by atoms with Crippen LogP contribution in [0.2, 0.25) is 0 Å². The van der Waals surface area contributed by atoms with Crippen LogP contribution in [0.25, 0.3) is 0 Å². The summed E-state index contributed by atoms with van der Waals surface area (Å²) < 4.78 is 0. The lowest BCUT2D eigenvalue weighted by Crippen LogP contribution is -2.09. The summed E-state index contributed by atoms with van der Waals surface area (Å²) in [4.78, 5) is 1.30. The fourth-order valence-corrected chi connectivity index (χ4v) is 0.900. The van der Waals surface area contributed by atoms with Crippen molar-refractivity contribution in [2.45, 2.75) is 6.92 Å². The first-order chi connectivity index (χ1) is 2.80. The van der Waals surface area contributed by atoms with Gasteiger partial charge in [0, 0.05) is 16.4 Å². The summed E-state index contributed by atoms with van der Waals surface area (Å²) in [5, 5.41) is 0. The number of rotatable bonds is 0. The van der Waals surface area contributed by atoms with Gasteiger partial charge in [-0.3, -0.25) is 0 Å². The predicted molar refractivity (Wildman–Crippen MR) is 29.3 cm³/mol. The van der Waals surface area contributed by atoms with Crippen LogP contribution in [0.4, 0.5) is 0 Å². The Kier molecular flexibility index (Phi) is 0.804. The van der Waals surface area contributed by atoms with Crippen molar-refractivity contribution in [1.29, 1.82) is 0 Å². The summed E-state index contributed by atoms with van der Waals surface area (Å²) in [7, 11) is 0. The van der Waals surface area contributed by atoms with Gasteiger partial charge < -0.3 is 5.73 Å². The third-order valence-electron chi connectivity index (χ3n) is 0.896. The van der Waals surface area contributed by atoms with Gasteiger partial charge in [0.25, 0.3) is 0 Å². The number of nitrogens with two attached hydrogens (primary N) is 1. The minimum Gasteiger partial charge on any atom is -0.401 e. The first-order valence-corrected chi connectivity index (χ1v) is 2.87. The molecule has 2 heteroatoms. The molecule has 0 bridgehead atoms. The van der Waals surface area contributed by atoms with Gasteiger partial charge in [-0.15, -0.1) is 11.8 Å². The quantitative estimate of drug-likeness (QED) is 0.491. The largest absolute Gasteiger partial charge is 0.401 e. The highest BCUT2D eigenvalue weighted by atomic mass is 32.2. The molecule has 0 spiro atoms. The molecule has 1 rings (SSSR count). The zero-order valence-corrected chi connectivity index (χ0v) is 4.51. The standard InChI is InChI=1S/C4H7NS/c1-3-4(5)2-6-3/h2,5H2,1H3. The van der Waals surface area contributed by atoms with Gasteiger partial charge in [0.2, 0.25) is 0 Å². The Labute approximate surface area is 41.6 Å². The topological polar surface area (TPSA) is 26.0 Å². The SMILES string of the molecule is CC1=C(N)CS1. The lowest BCUT2D eigenvalue weighted by Gasteiger charge is -2.13. The predicted octanol–water partition coefficient (Wildman–Crippen LogP) is 0.923. The van der Waals surface area contributed by atoms with E-state index in [0.717, 1.165) is 11.4 Å². The van der Waals surface area contributed by atoms with Crippen LogP contribution in [-0.4, -0.2) is 5.75 Å². The molecule has 6 heavy (non-hydrogen) atoms. The van der Waals surface area contributed by atoms with Gasteiger partial charge in [0.15, 0.2) is 0 Å². The molecule has 2 N–H and O–H groups in total. The van der Waals surface area contributed by atoms with Gasteiger partial charge in [-0.25, -0.2) is 0 Å². The van der Waals surface area contributed by atoms with Gasteiger partial charge in [0.1, 0.15) is 0 Å². The Hall–Kier alpha value is -0.110. The molecule has 0 aromatic carbocycles. The Morgan fingerprint density at radius 2 is 2.33 bits per heavy atom. The van der Waals surface area contributed by atoms with Crippen molar-refractivity contribution in [2.24, 2.45) is 5.73 Å². The smallest absolute Gasteiger partial charge is 0.0383 e. The highest BCUT2D eigenvalue weighted by Gasteiger charge is 2.07. The van der Waals surface area contributed by atoms with E-state index in [-0.39, 0.29) is 0 Å². The van der Waals surface area contributed by atoms with Crippen LogP contribution in [-0.2, 0) is 0 Å². The van der Waals surface area contributed by atoms with Crippen LogP contribution in [0.3, 0.4) is 0 Å². The third-order valence-corrected chi connectivity index (χ3v) is 2.05. The fourth-order valence-electron chi connectivity index (χ4n) is 0.300. The normalized spacial score (nSPS) is 20.8. The molecule has 34 valence electrons. The van der Waals surface area contributed by atoms with E-state index in [1.54, 1.807) is 0 Å². The van der Waals surface area contributed by atoms with Crippen LogP contribution in [0.5, 0.6) is 0 Å². The van der Waals surface area contributed by atoms with E-state index >= 15 is 0 Å². The fraction of sp³-hybridized carbons (Fsp3) is 0.500. The first-order valence-electron chi connectivity index (χ1n) is 1.89. The molecule has 0 aromatic heterocycles. The van der Waals surface area contributed by atoms with Gasteiger partial charge >= 0.3 is 0 Å². The van der Waals surface area contributed by atoms with Gasteiger partial charge in [-0.1, -0.05) is 0 Å². The van der Waals surface area contributed by atoms with Crippen molar-refractivity contribution in [2.75, 3.05) is 5.75 Å². The van der Waals surface area contributed by atoms with E-state index in [1.165, 1.54) is 4.91 Å². The molecule has 1 nitrogen and oxygen atoms in total. The van der Waals surface area contributed by atoms with Crippen molar-refractivity contribution in [3.63, 3.8) is 0 Å². The van der Waals surface area contributed by atoms with Crippen molar-refractivity contribution >= 4 is 11.8 Å². The maximum Gasteiger partial charge on any atom is 0.0383 e. The molecule has 0 radical (unpaired) electrons. The third kappa shape index (κ3) is 0.411. The summed E-state index contributed by atoms with van der Waals surface area (Å²) in [6.07, 6.45) is 0. The van der Waals surface area contributed by atoms with Crippen molar-refractivity contribution in [3.05, 3.63) is 10.6 Å². The summed E-state index contributed by atoms with van der Waals surface area (Å²) in [6.45, 7) is 2.05. The maximum absolute atomic E-state index is 5.38. The summed E-state index contributed by atoms with van der Waals surface area (Å²) in [5.74, 6) is 1.05. The van der Waals surface area contributed by atoms with E-state index in [4.69, 9.17) is 5.73 Å². The molecule has 1 aliphatic heterocycles. The van der Waals surface area contributed by atoms with E-state index in [1.807, 2.05) is 18.7 Å². The lowest BCUT2D eigenvalue weighted by atomic mass is 10.4. The molecule has 0 unspecified atom stereocenters. The van der Waals surface area contributed by atoms with Gasteiger partial charge in [-0.2, -0.15) is 0 Å². The maximum atomic E-state index is 5.38. The Morgan fingerprint density at radius 1 is 1.83 bits per heavy atom. The van der Waals surface area contributed by atoms with Crippen molar-refractivity contribution in [3.8, 4) is 0 Å². The molecule has 0 saturated carbocycles.